The Kier molecular flexibility index (Phi) is 6.00. The second kappa shape index (κ2) is 8.56. The van der Waals surface area contributed by atoms with Crippen LogP contribution < -0.4 is 9.04 Å². The minimum Gasteiger partial charge on any atom is -0.481 e. The molecule has 1 aliphatic heterocycles. The SMILES string of the molecule is COc1cc2c(c(Cl)n1)-c1c(C)c(-c3ccc(C)cc3)c(CC=O)c(C)c1N(SC)C2. The Labute approximate surface area is 192 Å². The lowest BCUT2D eigenvalue weighted by Crippen LogP contribution is -2.22. The predicted molar refractivity (Wildman–Crippen MR) is 130 cm³/mol. The number of aryl methyl sites for hydroxylation is 1. The first-order valence-electron chi connectivity index (χ1n) is 10.1. The lowest BCUT2D eigenvalue weighted by Gasteiger charge is -2.36. The number of rotatable bonds is 5. The topological polar surface area (TPSA) is 42.4 Å². The van der Waals surface area contributed by atoms with Gasteiger partial charge in [0.15, 0.2) is 0 Å². The summed E-state index contributed by atoms with van der Waals surface area (Å²) in [5.41, 5.74) is 10.9. The van der Waals surface area contributed by atoms with E-state index in [2.05, 4.69) is 60.6 Å². The van der Waals surface area contributed by atoms with Crippen LogP contribution in [-0.4, -0.2) is 24.6 Å². The summed E-state index contributed by atoms with van der Waals surface area (Å²) in [6, 6.07) is 10.4. The van der Waals surface area contributed by atoms with E-state index in [0.717, 1.165) is 56.5 Å². The zero-order valence-electron chi connectivity index (χ0n) is 18.4. The molecule has 0 fully saturated rings. The number of pyridine rings is 1. The highest BCUT2D eigenvalue weighted by Gasteiger charge is 2.32. The van der Waals surface area contributed by atoms with Gasteiger partial charge in [0.25, 0.3) is 0 Å². The summed E-state index contributed by atoms with van der Waals surface area (Å²) in [5.74, 6) is 0.513. The van der Waals surface area contributed by atoms with Crippen LogP contribution >= 0.6 is 23.5 Å². The number of anilines is 1. The number of aldehydes is 1. The smallest absolute Gasteiger partial charge is 0.214 e. The molecule has 2 aromatic carbocycles. The first kappa shape index (κ1) is 21.7. The van der Waals surface area contributed by atoms with Gasteiger partial charge < -0.3 is 13.8 Å². The molecule has 0 saturated heterocycles. The van der Waals surface area contributed by atoms with Gasteiger partial charge in [-0.2, -0.15) is 0 Å². The lowest BCUT2D eigenvalue weighted by atomic mass is 9.81. The fourth-order valence-electron chi connectivity index (χ4n) is 4.54. The maximum Gasteiger partial charge on any atom is 0.214 e. The molecule has 0 N–H and O–H groups in total. The number of halogens is 1. The Morgan fingerprint density at radius 2 is 1.84 bits per heavy atom. The van der Waals surface area contributed by atoms with Crippen LogP contribution in [0.2, 0.25) is 5.15 Å². The molecule has 4 rings (SSSR count). The first-order valence-corrected chi connectivity index (χ1v) is 11.7. The minimum atomic E-state index is 0.368. The Hall–Kier alpha value is -2.50. The van der Waals surface area contributed by atoms with E-state index in [1.165, 1.54) is 5.56 Å². The summed E-state index contributed by atoms with van der Waals surface area (Å²) in [6.07, 6.45) is 3.43. The molecule has 1 aliphatic rings. The highest BCUT2D eigenvalue weighted by atomic mass is 35.5. The second-order valence-electron chi connectivity index (χ2n) is 7.77. The molecule has 1 aromatic heterocycles. The number of methoxy groups -OCH3 is 1. The van der Waals surface area contributed by atoms with Crippen molar-refractivity contribution in [1.29, 1.82) is 0 Å². The van der Waals surface area contributed by atoms with Gasteiger partial charge in [-0.1, -0.05) is 53.4 Å². The molecule has 0 amide bonds. The van der Waals surface area contributed by atoms with Gasteiger partial charge in [0, 0.05) is 29.9 Å². The molecule has 3 aromatic rings. The molecule has 0 aliphatic carbocycles. The third-order valence-electron chi connectivity index (χ3n) is 6.00. The standard InChI is InChI=1S/C25H25ClN2O2S/c1-14-6-8-17(9-7-14)21-16(3)22-23-18(12-20(30-4)27-25(23)26)13-28(31-5)24(22)15(2)19(21)10-11-29/h6-9,11-12H,10,13H2,1-5H3. The average molecular weight is 453 g/mol. The van der Waals surface area contributed by atoms with E-state index in [1.54, 1.807) is 19.1 Å². The largest absolute Gasteiger partial charge is 0.481 e. The van der Waals surface area contributed by atoms with Gasteiger partial charge in [-0.15, -0.1) is 0 Å². The second-order valence-corrected chi connectivity index (χ2v) is 8.94. The fourth-order valence-corrected chi connectivity index (χ4v) is 5.51. The number of nitrogens with zero attached hydrogens (tertiary/aromatic N) is 2. The Balaban J connectivity index is 2.12. The van der Waals surface area contributed by atoms with Gasteiger partial charge in [0.05, 0.1) is 19.3 Å². The van der Waals surface area contributed by atoms with Crippen LogP contribution in [0.1, 0.15) is 27.8 Å². The van der Waals surface area contributed by atoms with Crippen LogP contribution in [0.15, 0.2) is 30.3 Å². The van der Waals surface area contributed by atoms with Crippen molar-refractivity contribution >= 4 is 35.5 Å². The Morgan fingerprint density at radius 3 is 2.45 bits per heavy atom. The summed E-state index contributed by atoms with van der Waals surface area (Å²) in [5, 5.41) is 0.442. The predicted octanol–water partition coefficient (Wildman–Crippen LogP) is 6.34. The normalized spacial score (nSPS) is 12.4. The third kappa shape index (κ3) is 3.60. The highest BCUT2D eigenvalue weighted by Crippen LogP contribution is 2.52. The quantitative estimate of drug-likeness (QED) is 0.256. The van der Waals surface area contributed by atoms with Gasteiger partial charge in [-0.3, -0.25) is 0 Å². The van der Waals surface area contributed by atoms with Crippen molar-refractivity contribution in [3.05, 3.63) is 63.3 Å². The van der Waals surface area contributed by atoms with Gasteiger partial charge in [0.2, 0.25) is 5.88 Å². The highest BCUT2D eigenvalue weighted by molar-refractivity contribution is 7.99. The van der Waals surface area contributed by atoms with Gasteiger partial charge >= 0.3 is 0 Å². The third-order valence-corrected chi connectivity index (χ3v) is 7.03. The van der Waals surface area contributed by atoms with Crippen LogP contribution in [0.25, 0.3) is 22.3 Å². The van der Waals surface area contributed by atoms with E-state index in [-0.39, 0.29) is 0 Å². The molecule has 4 nitrogen and oxygen atoms in total. The van der Waals surface area contributed by atoms with Gasteiger partial charge in [0.1, 0.15) is 11.4 Å². The summed E-state index contributed by atoms with van der Waals surface area (Å²) in [7, 11) is 1.60. The Morgan fingerprint density at radius 1 is 1.13 bits per heavy atom. The molecule has 6 heteroatoms. The van der Waals surface area contributed by atoms with Crippen molar-refractivity contribution in [3.8, 4) is 28.1 Å². The van der Waals surface area contributed by atoms with Crippen LogP contribution in [0.3, 0.4) is 0 Å². The number of aromatic nitrogens is 1. The molecule has 0 radical (unpaired) electrons. The van der Waals surface area contributed by atoms with Crippen molar-refractivity contribution in [1.82, 2.24) is 4.98 Å². The molecular formula is C25H25ClN2O2S. The van der Waals surface area contributed by atoms with Crippen molar-refractivity contribution in [3.63, 3.8) is 0 Å². The number of fused-ring (bicyclic) bond motifs is 3. The van der Waals surface area contributed by atoms with E-state index in [9.17, 15) is 4.79 Å². The number of ether oxygens (including phenoxy) is 1. The molecule has 0 saturated carbocycles. The van der Waals surface area contributed by atoms with Crippen molar-refractivity contribution in [2.75, 3.05) is 17.7 Å². The zero-order valence-corrected chi connectivity index (χ0v) is 19.9. The monoisotopic (exact) mass is 452 g/mol. The molecule has 0 unspecified atom stereocenters. The summed E-state index contributed by atoms with van der Waals surface area (Å²) >= 11 is 8.38. The van der Waals surface area contributed by atoms with Crippen LogP contribution in [0.5, 0.6) is 5.88 Å². The van der Waals surface area contributed by atoms with Gasteiger partial charge in [-0.25, -0.2) is 4.98 Å². The molecule has 0 spiro atoms. The number of carbonyl (C=O) groups excluding carboxylic acids is 1. The molecular weight excluding hydrogens is 428 g/mol. The maximum absolute atomic E-state index is 11.7. The van der Waals surface area contributed by atoms with Crippen LogP contribution in [-0.2, 0) is 17.8 Å². The number of hydrogen-bond acceptors (Lipinski definition) is 5. The minimum absolute atomic E-state index is 0.368. The van der Waals surface area contributed by atoms with Crippen LogP contribution in [0.4, 0.5) is 5.69 Å². The van der Waals surface area contributed by atoms with E-state index >= 15 is 0 Å². The van der Waals surface area contributed by atoms with E-state index < -0.39 is 0 Å². The summed E-state index contributed by atoms with van der Waals surface area (Å²) in [4.78, 5) is 16.1. The average Bonchev–Trinajstić information content (AvgIpc) is 2.77. The van der Waals surface area contributed by atoms with Crippen molar-refractivity contribution in [2.45, 2.75) is 33.7 Å². The molecule has 2 heterocycles. The van der Waals surface area contributed by atoms with Crippen molar-refractivity contribution < 1.29 is 9.53 Å². The number of benzene rings is 2. The van der Waals surface area contributed by atoms with Crippen LogP contribution in [0, 0.1) is 20.8 Å². The lowest BCUT2D eigenvalue weighted by molar-refractivity contribution is -0.107. The number of carbonyl (C=O) groups is 1. The fraction of sp³-hybridized carbons (Fsp3) is 0.280. The zero-order chi connectivity index (χ0) is 22.3. The summed E-state index contributed by atoms with van der Waals surface area (Å²) < 4.78 is 7.63. The maximum atomic E-state index is 11.7. The van der Waals surface area contributed by atoms with Crippen molar-refractivity contribution in [2.24, 2.45) is 0 Å². The molecule has 0 bridgehead atoms. The molecule has 31 heavy (non-hydrogen) atoms. The van der Waals surface area contributed by atoms with E-state index in [4.69, 9.17) is 16.3 Å². The molecule has 160 valence electrons. The summed E-state index contributed by atoms with van der Waals surface area (Å²) in [6.45, 7) is 6.99. The van der Waals surface area contributed by atoms with E-state index in [1.807, 2.05) is 6.07 Å². The Bertz CT molecular complexity index is 1180. The van der Waals surface area contributed by atoms with E-state index in [0.29, 0.717) is 24.0 Å². The first-order chi connectivity index (χ1) is 14.9. The van der Waals surface area contributed by atoms with Gasteiger partial charge in [-0.05, 0) is 54.2 Å². The number of hydrogen-bond donors (Lipinski definition) is 0. The molecule has 0 atom stereocenters.